The summed E-state index contributed by atoms with van der Waals surface area (Å²) in [6, 6.07) is 6.68. The van der Waals surface area contributed by atoms with E-state index < -0.39 is 19.2 Å². The zero-order chi connectivity index (χ0) is 20.4. The Morgan fingerprint density at radius 1 is 1.25 bits per heavy atom. The highest BCUT2D eigenvalue weighted by atomic mass is 16.6. The number of nitrogens with one attached hydrogen (secondary N) is 2. The maximum atomic E-state index is 12.3. The molecule has 9 heteroatoms. The van der Waals surface area contributed by atoms with Crippen molar-refractivity contribution in [1.82, 2.24) is 10.6 Å². The fourth-order valence-electron chi connectivity index (χ4n) is 3.32. The Kier molecular flexibility index (Phi) is 9.10. The number of aromatic hydroxyl groups is 1. The van der Waals surface area contributed by atoms with Gasteiger partial charge >= 0.3 is 13.2 Å². The molecule has 0 bridgehead atoms. The van der Waals surface area contributed by atoms with Crippen LogP contribution in [-0.2, 0) is 15.9 Å². The summed E-state index contributed by atoms with van der Waals surface area (Å²) >= 11 is 0. The van der Waals surface area contributed by atoms with Crippen LogP contribution >= 0.6 is 0 Å². The van der Waals surface area contributed by atoms with E-state index >= 15 is 0 Å². The van der Waals surface area contributed by atoms with Gasteiger partial charge in [0.15, 0.2) is 0 Å². The quantitative estimate of drug-likeness (QED) is 0.379. The predicted octanol–water partition coefficient (Wildman–Crippen LogP) is 1.09. The predicted molar refractivity (Wildman–Crippen MR) is 106 cm³/mol. The van der Waals surface area contributed by atoms with E-state index in [4.69, 9.17) is 10.4 Å². The van der Waals surface area contributed by atoms with Gasteiger partial charge in [0.25, 0.3) is 0 Å². The van der Waals surface area contributed by atoms with Gasteiger partial charge in [-0.2, -0.15) is 0 Å². The highest BCUT2D eigenvalue weighted by molar-refractivity contribution is 6.47. The molecule has 0 radical (unpaired) electrons. The van der Waals surface area contributed by atoms with E-state index in [9.17, 15) is 19.7 Å². The van der Waals surface area contributed by atoms with Crippen LogP contribution in [0.2, 0.25) is 0 Å². The third-order valence-corrected chi connectivity index (χ3v) is 4.96. The van der Waals surface area contributed by atoms with E-state index in [2.05, 4.69) is 10.6 Å². The summed E-state index contributed by atoms with van der Waals surface area (Å²) < 4.78 is 5.04. The molecule has 1 aromatic rings. The van der Waals surface area contributed by atoms with E-state index in [-0.39, 0.29) is 17.6 Å². The molecule has 0 aliphatic heterocycles. The number of nitrogens with two attached hydrogens (primary N) is 1. The van der Waals surface area contributed by atoms with Crippen molar-refractivity contribution in [1.29, 1.82) is 0 Å². The van der Waals surface area contributed by atoms with Crippen LogP contribution in [0, 0.1) is 5.92 Å². The van der Waals surface area contributed by atoms with Gasteiger partial charge in [0.2, 0.25) is 5.91 Å². The lowest BCUT2D eigenvalue weighted by molar-refractivity contribution is -0.125. The van der Waals surface area contributed by atoms with Crippen LogP contribution in [0.5, 0.6) is 5.75 Å². The number of carbonyl (C=O) groups excluding carboxylic acids is 2. The molecule has 8 nitrogen and oxygen atoms in total. The summed E-state index contributed by atoms with van der Waals surface area (Å²) in [7, 11) is -1.44. The topological polar surface area (TPSA) is 134 Å². The lowest BCUT2D eigenvalue weighted by Crippen LogP contribution is -2.51. The van der Waals surface area contributed by atoms with Gasteiger partial charge in [-0.15, -0.1) is 0 Å². The maximum absolute atomic E-state index is 12.3. The normalized spacial score (nSPS) is 15.1. The number of phenols is 1. The van der Waals surface area contributed by atoms with Crippen LogP contribution in [0.1, 0.15) is 44.1 Å². The molecule has 0 spiro atoms. The first-order valence-corrected chi connectivity index (χ1v) is 9.90. The number of rotatable bonds is 10. The molecule has 1 unspecified atom stereocenters. The van der Waals surface area contributed by atoms with Crippen LogP contribution in [0.15, 0.2) is 24.3 Å². The maximum Gasteiger partial charge on any atom is 0.549 e. The molecule has 1 atom stereocenters. The SMILES string of the molecule is NCCCC(NC(=O)C1CCCC1)B(O)OC(=O)NCCc1ccc(O)cc1. The van der Waals surface area contributed by atoms with Gasteiger partial charge in [0, 0.05) is 12.5 Å². The molecule has 1 aliphatic carbocycles. The second-order valence-corrected chi connectivity index (χ2v) is 7.17. The second kappa shape index (κ2) is 11.6. The Bertz CT molecular complexity index is 623. The van der Waals surface area contributed by atoms with Crippen molar-refractivity contribution in [3.05, 3.63) is 29.8 Å². The largest absolute Gasteiger partial charge is 0.549 e. The summed E-state index contributed by atoms with van der Waals surface area (Å²) in [5.41, 5.74) is 6.48. The van der Waals surface area contributed by atoms with Crippen molar-refractivity contribution in [3.63, 3.8) is 0 Å². The first-order valence-electron chi connectivity index (χ1n) is 9.90. The van der Waals surface area contributed by atoms with Gasteiger partial charge in [0.1, 0.15) is 5.75 Å². The van der Waals surface area contributed by atoms with Gasteiger partial charge in [-0.1, -0.05) is 25.0 Å². The molecule has 2 rings (SSSR count). The first kappa shape index (κ1) is 22.0. The molecule has 1 saturated carbocycles. The summed E-state index contributed by atoms with van der Waals surface area (Å²) in [5, 5.41) is 24.9. The highest BCUT2D eigenvalue weighted by Crippen LogP contribution is 2.25. The van der Waals surface area contributed by atoms with Crippen LogP contribution in [-0.4, -0.2) is 48.3 Å². The van der Waals surface area contributed by atoms with Crippen LogP contribution in [0.25, 0.3) is 0 Å². The van der Waals surface area contributed by atoms with Crippen molar-refractivity contribution in [2.45, 2.75) is 50.9 Å². The Morgan fingerprint density at radius 2 is 1.93 bits per heavy atom. The van der Waals surface area contributed by atoms with E-state index in [1.165, 1.54) is 0 Å². The van der Waals surface area contributed by atoms with Crippen LogP contribution in [0.3, 0.4) is 0 Å². The summed E-state index contributed by atoms with van der Waals surface area (Å²) in [6.45, 7) is 0.736. The standard InChI is InChI=1S/C19H30BN3O5/c21-12-3-6-17(23-18(25)15-4-1-2-5-15)20(27)28-19(26)22-13-11-14-7-9-16(24)10-8-14/h7-10,15,17,24,27H,1-6,11-13,21H2,(H,22,26)(H,23,25). The lowest BCUT2D eigenvalue weighted by atomic mass is 9.75. The Hall–Kier alpha value is -2.26. The Labute approximate surface area is 166 Å². The molecule has 0 saturated heterocycles. The molecule has 1 aromatic carbocycles. The summed E-state index contributed by atoms with van der Waals surface area (Å²) in [4.78, 5) is 24.3. The molecule has 28 heavy (non-hydrogen) atoms. The second-order valence-electron chi connectivity index (χ2n) is 7.17. The minimum Gasteiger partial charge on any atom is -0.508 e. The van der Waals surface area contributed by atoms with Crippen molar-refractivity contribution < 1.29 is 24.4 Å². The summed E-state index contributed by atoms with van der Waals surface area (Å²) in [5.74, 6) is -0.636. The first-order chi connectivity index (χ1) is 13.5. The smallest absolute Gasteiger partial charge is 0.508 e. The van der Waals surface area contributed by atoms with E-state index in [0.717, 1.165) is 31.2 Å². The Morgan fingerprint density at radius 3 is 2.57 bits per heavy atom. The van der Waals surface area contributed by atoms with Crippen molar-refractivity contribution in [2.75, 3.05) is 13.1 Å². The van der Waals surface area contributed by atoms with E-state index in [1.54, 1.807) is 24.3 Å². The monoisotopic (exact) mass is 391 g/mol. The molecule has 6 N–H and O–H groups in total. The Balaban J connectivity index is 1.77. The van der Waals surface area contributed by atoms with E-state index in [1.807, 2.05) is 0 Å². The fourth-order valence-corrected chi connectivity index (χ4v) is 3.32. The minimum atomic E-state index is -1.44. The summed E-state index contributed by atoms with van der Waals surface area (Å²) in [6.07, 6.45) is 4.60. The molecule has 0 heterocycles. The molecular formula is C19H30BN3O5. The number of benzene rings is 1. The molecule has 0 aromatic heterocycles. The molecule has 1 aliphatic rings. The lowest BCUT2D eigenvalue weighted by Gasteiger charge is -2.22. The van der Waals surface area contributed by atoms with Crippen molar-refractivity contribution >= 4 is 19.1 Å². The molecular weight excluding hydrogens is 361 g/mol. The third-order valence-electron chi connectivity index (χ3n) is 4.96. The van der Waals surface area contributed by atoms with Gasteiger partial charge < -0.3 is 31.2 Å². The number of hydrogen-bond donors (Lipinski definition) is 5. The number of phenolic OH excluding ortho intramolecular Hbond substituents is 1. The number of hydrogen-bond acceptors (Lipinski definition) is 6. The minimum absolute atomic E-state index is 0.0355. The zero-order valence-electron chi connectivity index (χ0n) is 16.1. The van der Waals surface area contributed by atoms with E-state index in [0.29, 0.717) is 32.4 Å². The van der Waals surface area contributed by atoms with Gasteiger partial charge in [-0.05, 0) is 56.3 Å². The third kappa shape index (κ3) is 7.40. The molecule has 1 fully saturated rings. The average molecular weight is 391 g/mol. The average Bonchev–Trinajstić information content (AvgIpc) is 3.21. The zero-order valence-corrected chi connectivity index (χ0v) is 16.1. The van der Waals surface area contributed by atoms with Crippen LogP contribution < -0.4 is 16.4 Å². The van der Waals surface area contributed by atoms with Gasteiger partial charge in [-0.25, -0.2) is 4.79 Å². The van der Waals surface area contributed by atoms with Crippen LogP contribution in [0.4, 0.5) is 4.79 Å². The number of carbonyl (C=O) groups is 2. The van der Waals surface area contributed by atoms with Crippen molar-refractivity contribution in [2.24, 2.45) is 11.7 Å². The molecule has 154 valence electrons. The highest BCUT2D eigenvalue weighted by Gasteiger charge is 2.34. The van der Waals surface area contributed by atoms with Gasteiger partial charge in [0.05, 0.1) is 5.94 Å². The van der Waals surface area contributed by atoms with Gasteiger partial charge in [-0.3, -0.25) is 4.79 Å². The van der Waals surface area contributed by atoms with Crippen molar-refractivity contribution in [3.8, 4) is 5.75 Å². The molecule has 2 amide bonds. The fraction of sp³-hybridized carbons (Fsp3) is 0.579. The number of amides is 2.